The first kappa shape index (κ1) is 15.3. The zero-order chi connectivity index (χ0) is 16.4. The first-order valence-electron chi connectivity index (χ1n) is 8.12. The fraction of sp³-hybridized carbons (Fsp3) is 0.263. The van der Waals surface area contributed by atoms with Gasteiger partial charge in [-0.05, 0) is 42.8 Å². The van der Waals surface area contributed by atoms with E-state index < -0.39 is 0 Å². The Morgan fingerprint density at radius 1 is 1.04 bits per heavy atom. The Hall–Kier alpha value is -2.27. The second-order valence-electron chi connectivity index (χ2n) is 5.91. The second-order valence-corrected chi connectivity index (χ2v) is 7.13. The highest BCUT2D eigenvalue weighted by atomic mass is 32.2. The van der Waals surface area contributed by atoms with Gasteiger partial charge >= 0.3 is 0 Å². The molecule has 0 N–H and O–H groups in total. The molecule has 4 nitrogen and oxygen atoms in total. The van der Waals surface area contributed by atoms with Crippen LogP contribution in [0.3, 0.4) is 0 Å². The highest BCUT2D eigenvalue weighted by Gasteiger charge is 2.14. The number of benzene rings is 2. The number of hydrogen-bond acceptors (Lipinski definition) is 5. The van der Waals surface area contributed by atoms with E-state index in [4.69, 9.17) is 9.72 Å². The molecule has 2 aromatic carbocycles. The topological polar surface area (TPSA) is 38.2 Å². The van der Waals surface area contributed by atoms with Crippen molar-refractivity contribution >= 4 is 28.6 Å². The third kappa shape index (κ3) is 3.31. The molecule has 0 bridgehead atoms. The number of thioether (sulfide) groups is 1. The van der Waals surface area contributed by atoms with E-state index in [-0.39, 0.29) is 0 Å². The van der Waals surface area contributed by atoms with Gasteiger partial charge < -0.3 is 9.64 Å². The molecule has 5 heteroatoms. The molecule has 1 saturated heterocycles. The van der Waals surface area contributed by atoms with E-state index in [0.29, 0.717) is 0 Å². The van der Waals surface area contributed by atoms with Gasteiger partial charge in [0.25, 0.3) is 0 Å². The average molecular weight is 337 g/mol. The predicted molar refractivity (Wildman–Crippen MR) is 100 cm³/mol. The van der Waals surface area contributed by atoms with Gasteiger partial charge in [-0.25, -0.2) is 9.97 Å². The standard InChI is InChI=1S/C19H19N3OS/c1-14-3-2-4-16(11-14)23-17-5-6-18-15(12-17)13-20-19(21-18)22-7-9-24-10-8-22/h2-6,11-13H,7-10H2,1H3. The van der Waals surface area contributed by atoms with Crippen LogP contribution in [-0.4, -0.2) is 34.6 Å². The van der Waals surface area contributed by atoms with Gasteiger partial charge in [-0.3, -0.25) is 0 Å². The van der Waals surface area contributed by atoms with Crippen molar-refractivity contribution in [3.05, 3.63) is 54.2 Å². The molecular weight excluding hydrogens is 318 g/mol. The Bertz CT molecular complexity index is 862. The van der Waals surface area contributed by atoms with E-state index in [9.17, 15) is 0 Å². The maximum atomic E-state index is 5.95. The first-order chi connectivity index (χ1) is 11.8. The van der Waals surface area contributed by atoms with Crippen LogP contribution in [0.2, 0.25) is 0 Å². The summed E-state index contributed by atoms with van der Waals surface area (Å²) in [5.74, 6) is 4.77. The number of aryl methyl sites for hydroxylation is 1. The van der Waals surface area contributed by atoms with Gasteiger partial charge in [0, 0.05) is 36.2 Å². The molecule has 3 aromatic rings. The Kier molecular flexibility index (Phi) is 4.26. The maximum Gasteiger partial charge on any atom is 0.225 e. The number of aromatic nitrogens is 2. The fourth-order valence-electron chi connectivity index (χ4n) is 2.80. The largest absolute Gasteiger partial charge is 0.457 e. The highest BCUT2D eigenvalue weighted by Crippen LogP contribution is 2.26. The molecule has 0 spiro atoms. The quantitative estimate of drug-likeness (QED) is 0.713. The van der Waals surface area contributed by atoms with Gasteiger partial charge in [0.05, 0.1) is 5.52 Å². The summed E-state index contributed by atoms with van der Waals surface area (Å²) in [6.07, 6.45) is 1.89. The van der Waals surface area contributed by atoms with Crippen LogP contribution in [0, 0.1) is 6.92 Å². The van der Waals surface area contributed by atoms with Crippen molar-refractivity contribution in [2.75, 3.05) is 29.5 Å². The monoisotopic (exact) mass is 337 g/mol. The average Bonchev–Trinajstić information content (AvgIpc) is 2.62. The summed E-state index contributed by atoms with van der Waals surface area (Å²) < 4.78 is 5.95. The van der Waals surface area contributed by atoms with Crippen molar-refractivity contribution in [3.63, 3.8) is 0 Å². The third-order valence-corrected chi connectivity index (χ3v) is 5.00. The number of anilines is 1. The van der Waals surface area contributed by atoms with Crippen molar-refractivity contribution < 1.29 is 4.74 Å². The molecule has 0 unspecified atom stereocenters. The smallest absolute Gasteiger partial charge is 0.225 e. The van der Waals surface area contributed by atoms with Gasteiger partial charge in [0.2, 0.25) is 5.95 Å². The molecule has 1 aromatic heterocycles. The van der Waals surface area contributed by atoms with Crippen molar-refractivity contribution in [3.8, 4) is 11.5 Å². The zero-order valence-corrected chi connectivity index (χ0v) is 14.4. The zero-order valence-electron chi connectivity index (χ0n) is 13.6. The van der Waals surface area contributed by atoms with Crippen molar-refractivity contribution in [2.24, 2.45) is 0 Å². The minimum atomic E-state index is 0.804. The fourth-order valence-corrected chi connectivity index (χ4v) is 3.70. The van der Waals surface area contributed by atoms with E-state index in [1.807, 2.05) is 54.4 Å². The molecule has 24 heavy (non-hydrogen) atoms. The SMILES string of the molecule is Cc1cccc(Oc2ccc3nc(N4CCSCC4)ncc3c2)c1. The van der Waals surface area contributed by atoms with Crippen LogP contribution < -0.4 is 9.64 Å². The van der Waals surface area contributed by atoms with Crippen LogP contribution in [0.25, 0.3) is 10.9 Å². The lowest BCUT2D eigenvalue weighted by molar-refractivity contribution is 0.483. The van der Waals surface area contributed by atoms with E-state index in [2.05, 4.69) is 22.9 Å². The van der Waals surface area contributed by atoms with Crippen LogP contribution in [0.15, 0.2) is 48.7 Å². The summed E-state index contributed by atoms with van der Waals surface area (Å²) in [5, 5.41) is 0.996. The third-order valence-electron chi connectivity index (χ3n) is 4.06. The molecule has 0 atom stereocenters. The summed E-state index contributed by atoms with van der Waals surface area (Å²) in [6.45, 7) is 4.09. The van der Waals surface area contributed by atoms with Gasteiger partial charge in [-0.2, -0.15) is 11.8 Å². The molecule has 1 aliphatic heterocycles. The Morgan fingerprint density at radius 3 is 2.71 bits per heavy atom. The van der Waals surface area contributed by atoms with Crippen molar-refractivity contribution in [1.82, 2.24) is 9.97 Å². The van der Waals surface area contributed by atoms with E-state index in [0.717, 1.165) is 52.9 Å². The van der Waals surface area contributed by atoms with E-state index in [1.54, 1.807) is 0 Å². The molecule has 2 heterocycles. The Balaban J connectivity index is 1.59. The number of fused-ring (bicyclic) bond motifs is 1. The summed E-state index contributed by atoms with van der Waals surface area (Å²) in [5.41, 5.74) is 2.13. The highest BCUT2D eigenvalue weighted by molar-refractivity contribution is 7.99. The minimum absolute atomic E-state index is 0.804. The molecule has 0 radical (unpaired) electrons. The van der Waals surface area contributed by atoms with Crippen LogP contribution in [0.5, 0.6) is 11.5 Å². The number of ether oxygens (including phenoxy) is 1. The summed E-state index contributed by atoms with van der Waals surface area (Å²) >= 11 is 1.99. The number of nitrogens with zero attached hydrogens (tertiary/aromatic N) is 3. The van der Waals surface area contributed by atoms with Crippen LogP contribution in [0.1, 0.15) is 5.56 Å². The Morgan fingerprint density at radius 2 is 1.88 bits per heavy atom. The lowest BCUT2D eigenvalue weighted by atomic mass is 10.2. The molecular formula is C19H19N3OS. The van der Waals surface area contributed by atoms with Crippen LogP contribution >= 0.6 is 11.8 Å². The first-order valence-corrected chi connectivity index (χ1v) is 9.27. The number of rotatable bonds is 3. The van der Waals surface area contributed by atoms with Gasteiger partial charge in [-0.1, -0.05) is 12.1 Å². The van der Waals surface area contributed by atoms with Crippen LogP contribution in [0.4, 0.5) is 5.95 Å². The van der Waals surface area contributed by atoms with Gasteiger partial charge in [-0.15, -0.1) is 0 Å². The second kappa shape index (κ2) is 6.69. The van der Waals surface area contributed by atoms with Gasteiger partial charge in [0.1, 0.15) is 11.5 Å². The number of hydrogen-bond donors (Lipinski definition) is 0. The Labute approximate surface area is 145 Å². The molecule has 1 aliphatic rings. The maximum absolute atomic E-state index is 5.95. The van der Waals surface area contributed by atoms with Gasteiger partial charge in [0.15, 0.2) is 0 Å². The normalized spacial score (nSPS) is 14.8. The summed E-state index contributed by atoms with van der Waals surface area (Å²) in [6, 6.07) is 14.0. The summed E-state index contributed by atoms with van der Waals surface area (Å²) in [4.78, 5) is 11.5. The van der Waals surface area contributed by atoms with E-state index >= 15 is 0 Å². The minimum Gasteiger partial charge on any atom is -0.457 e. The van der Waals surface area contributed by atoms with Crippen molar-refractivity contribution in [1.29, 1.82) is 0 Å². The predicted octanol–water partition coefficient (Wildman–Crippen LogP) is 4.28. The lowest BCUT2D eigenvalue weighted by Gasteiger charge is -2.26. The summed E-state index contributed by atoms with van der Waals surface area (Å²) in [7, 11) is 0. The van der Waals surface area contributed by atoms with Crippen molar-refractivity contribution in [2.45, 2.75) is 6.92 Å². The molecule has 4 rings (SSSR count). The molecule has 1 fully saturated rings. The lowest BCUT2D eigenvalue weighted by Crippen LogP contribution is -2.33. The molecule has 122 valence electrons. The molecule has 0 saturated carbocycles. The van der Waals surface area contributed by atoms with E-state index in [1.165, 1.54) is 5.56 Å². The molecule has 0 amide bonds. The van der Waals surface area contributed by atoms with Crippen LogP contribution in [-0.2, 0) is 0 Å². The molecule has 0 aliphatic carbocycles.